The lowest BCUT2D eigenvalue weighted by Crippen LogP contribution is -2.25. The number of benzene rings is 1. The number of hydrogen-bond donors (Lipinski definition) is 1. The number of aromatic nitrogens is 3. The molecule has 8 heteroatoms. The number of nitrogens with one attached hydrogen (secondary N) is 1. The third-order valence-corrected chi connectivity index (χ3v) is 5.23. The molecule has 1 aromatic carbocycles. The zero-order valence-electron chi connectivity index (χ0n) is 14.9. The number of rotatable bonds is 8. The van der Waals surface area contributed by atoms with E-state index < -0.39 is 0 Å². The van der Waals surface area contributed by atoms with Gasteiger partial charge in [0.05, 0.1) is 10.9 Å². The SMILES string of the molecule is CCCCCn1cnnc1SC(C)C(=O)c1ccc2c(c1)NC(=O)CO2. The van der Waals surface area contributed by atoms with Crippen LogP contribution in [0.4, 0.5) is 5.69 Å². The first-order valence-corrected chi connectivity index (χ1v) is 9.62. The van der Waals surface area contributed by atoms with E-state index >= 15 is 0 Å². The first kappa shape index (κ1) is 18.4. The quantitative estimate of drug-likeness (QED) is 0.434. The van der Waals surface area contributed by atoms with E-state index in [9.17, 15) is 9.59 Å². The maximum absolute atomic E-state index is 12.8. The number of hydrogen-bond acceptors (Lipinski definition) is 6. The Morgan fingerprint density at radius 2 is 2.27 bits per heavy atom. The molecular weight excluding hydrogens is 352 g/mol. The molecule has 1 aromatic heterocycles. The Bertz CT molecular complexity index is 805. The predicted octanol–water partition coefficient (Wildman–Crippen LogP) is 3.16. The summed E-state index contributed by atoms with van der Waals surface area (Å²) in [7, 11) is 0. The van der Waals surface area contributed by atoms with E-state index in [0.29, 0.717) is 17.0 Å². The van der Waals surface area contributed by atoms with Gasteiger partial charge in [-0.15, -0.1) is 10.2 Å². The van der Waals surface area contributed by atoms with Crippen LogP contribution >= 0.6 is 11.8 Å². The minimum atomic E-state index is -0.317. The summed E-state index contributed by atoms with van der Waals surface area (Å²) in [6.45, 7) is 4.87. The van der Waals surface area contributed by atoms with E-state index in [1.54, 1.807) is 24.5 Å². The molecular formula is C18H22N4O3S. The molecule has 138 valence electrons. The fraction of sp³-hybridized carbons (Fsp3) is 0.444. The highest BCUT2D eigenvalue weighted by atomic mass is 32.2. The van der Waals surface area contributed by atoms with Crippen molar-refractivity contribution in [3.05, 3.63) is 30.1 Å². The highest BCUT2D eigenvalue weighted by Crippen LogP contribution is 2.31. The van der Waals surface area contributed by atoms with Gasteiger partial charge in [0.25, 0.3) is 5.91 Å². The first-order valence-electron chi connectivity index (χ1n) is 8.74. The van der Waals surface area contributed by atoms with Crippen LogP contribution in [0, 0.1) is 0 Å². The van der Waals surface area contributed by atoms with Crippen molar-refractivity contribution in [2.75, 3.05) is 11.9 Å². The van der Waals surface area contributed by atoms with Gasteiger partial charge < -0.3 is 14.6 Å². The van der Waals surface area contributed by atoms with Crippen LogP contribution in [0.25, 0.3) is 0 Å². The van der Waals surface area contributed by atoms with Crippen molar-refractivity contribution < 1.29 is 14.3 Å². The molecule has 1 amide bonds. The van der Waals surface area contributed by atoms with Crippen molar-refractivity contribution >= 4 is 29.1 Å². The van der Waals surface area contributed by atoms with E-state index in [1.165, 1.54) is 11.8 Å². The van der Waals surface area contributed by atoms with Crippen molar-refractivity contribution in [1.82, 2.24) is 14.8 Å². The minimum Gasteiger partial charge on any atom is -0.482 e. The monoisotopic (exact) mass is 374 g/mol. The second-order valence-electron chi connectivity index (χ2n) is 6.19. The first-order chi connectivity index (χ1) is 12.6. The van der Waals surface area contributed by atoms with Crippen LogP contribution in [0.15, 0.2) is 29.7 Å². The zero-order chi connectivity index (χ0) is 18.5. The highest BCUT2D eigenvalue weighted by molar-refractivity contribution is 8.00. The van der Waals surface area contributed by atoms with Crippen molar-refractivity contribution in [1.29, 1.82) is 0 Å². The molecule has 0 spiro atoms. The maximum atomic E-state index is 12.8. The number of ether oxygens (including phenoxy) is 1. The molecule has 7 nitrogen and oxygen atoms in total. The largest absolute Gasteiger partial charge is 0.482 e. The van der Waals surface area contributed by atoms with Crippen LogP contribution < -0.4 is 10.1 Å². The smallest absolute Gasteiger partial charge is 0.262 e. The number of amides is 1. The number of thioether (sulfide) groups is 1. The van der Waals surface area contributed by atoms with Crippen LogP contribution in [-0.2, 0) is 11.3 Å². The highest BCUT2D eigenvalue weighted by Gasteiger charge is 2.22. The Hall–Kier alpha value is -2.35. The molecule has 0 saturated heterocycles. The Kier molecular flexibility index (Phi) is 5.92. The number of carbonyl (C=O) groups excluding carboxylic acids is 2. The van der Waals surface area contributed by atoms with Crippen LogP contribution in [-0.4, -0.2) is 38.3 Å². The average molecular weight is 374 g/mol. The number of aryl methyl sites for hydroxylation is 1. The van der Waals surface area contributed by atoms with Gasteiger partial charge in [-0.3, -0.25) is 9.59 Å². The molecule has 1 aliphatic rings. The predicted molar refractivity (Wildman–Crippen MR) is 99.8 cm³/mol. The number of unbranched alkanes of at least 4 members (excludes halogenated alkanes) is 2. The van der Waals surface area contributed by atoms with E-state index in [1.807, 2.05) is 11.5 Å². The molecule has 0 fully saturated rings. The number of anilines is 1. The molecule has 1 unspecified atom stereocenters. The van der Waals surface area contributed by atoms with Crippen molar-refractivity contribution in [2.24, 2.45) is 0 Å². The van der Waals surface area contributed by atoms with Gasteiger partial charge >= 0.3 is 0 Å². The van der Waals surface area contributed by atoms with Crippen molar-refractivity contribution in [3.8, 4) is 5.75 Å². The van der Waals surface area contributed by atoms with Gasteiger partial charge in [-0.25, -0.2) is 0 Å². The second-order valence-corrected chi connectivity index (χ2v) is 7.49. The molecule has 1 aliphatic heterocycles. The van der Waals surface area contributed by atoms with Gasteiger partial charge in [-0.05, 0) is 31.5 Å². The molecule has 1 atom stereocenters. The number of fused-ring (bicyclic) bond motifs is 1. The Balaban J connectivity index is 1.68. The van der Waals surface area contributed by atoms with Gasteiger partial charge in [-0.1, -0.05) is 31.5 Å². The summed E-state index contributed by atoms with van der Waals surface area (Å²) in [4.78, 5) is 24.2. The lowest BCUT2D eigenvalue weighted by molar-refractivity contribution is -0.118. The van der Waals surface area contributed by atoms with E-state index in [4.69, 9.17) is 4.74 Å². The van der Waals surface area contributed by atoms with E-state index in [0.717, 1.165) is 31.0 Å². The molecule has 0 saturated carbocycles. The maximum Gasteiger partial charge on any atom is 0.262 e. The summed E-state index contributed by atoms with van der Waals surface area (Å²) in [6.07, 6.45) is 5.08. The standard InChI is InChI=1S/C18H22N4O3S/c1-3-4-5-8-22-11-19-21-18(22)26-12(2)17(24)13-6-7-15-14(9-13)20-16(23)10-25-15/h6-7,9,11-12H,3-5,8,10H2,1-2H3,(H,20,23). The van der Waals surface area contributed by atoms with Gasteiger partial charge in [0.15, 0.2) is 17.5 Å². The van der Waals surface area contributed by atoms with Crippen LogP contribution in [0.3, 0.4) is 0 Å². The normalized spacial score (nSPS) is 14.3. The summed E-state index contributed by atoms with van der Waals surface area (Å²) in [5.41, 5.74) is 1.07. The fourth-order valence-electron chi connectivity index (χ4n) is 2.70. The summed E-state index contributed by atoms with van der Waals surface area (Å²) >= 11 is 1.40. The summed E-state index contributed by atoms with van der Waals surface area (Å²) in [5, 5.41) is 11.3. The van der Waals surface area contributed by atoms with Crippen LogP contribution in [0.2, 0.25) is 0 Å². The lowest BCUT2D eigenvalue weighted by Gasteiger charge is -2.19. The molecule has 2 aromatic rings. The summed E-state index contributed by atoms with van der Waals surface area (Å²) in [6, 6.07) is 5.10. The van der Waals surface area contributed by atoms with Gasteiger partial charge in [0, 0.05) is 12.1 Å². The molecule has 2 heterocycles. The Labute approximate surface area is 156 Å². The topological polar surface area (TPSA) is 86.1 Å². The zero-order valence-corrected chi connectivity index (χ0v) is 15.7. The van der Waals surface area contributed by atoms with Gasteiger partial charge in [-0.2, -0.15) is 0 Å². The van der Waals surface area contributed by atoms with E-state index in [2.05, 4.69) is 22.4 Å². The number of carbonyl (C=O) groups is 2. The molecule has 26 heavy (non-hydrogen) atoms. The number of ketones is 1. The number of Topliss-reactive ketones (excluding diaryl/α,β-unsaturated/α-hetero) is 1. The van der Waals surface area contributed by atoms with Crippen LogP contribution in [0.1, 0.15) is 43.5 Å². The van der Waals surface area contributed by atoms with Crippen molar-refractivity contribution in [2.45, 2.75) is 50.1 Å². The van der Waals surface area contributed by atoms with Crippen LogP contribution in [0.5, 0.6) is 5.75 Å². The minimum absolute atomic E-state index is 0.000236. The molecule has 3 rings (SSSR count). The number of nitrogens with zero attached hydrogens (tertiary/aromatic N) is 3. The third kappa shape index (κ3) is 4.24. The molecule has 0 aliphatic carbocycles. The molecule has 1 N–H and O–H groups in total. The Morgan fingerprint density at radius 1 is 1.42 bits per heavy atom. The fourth-order valence-corrected chi connectivity index (χ4v) is 3.63. The summed E-state index contributed by atoms with van der Waals surface area (Å²) in [5.74, 6) is 0.336. The van der Waals surface area contributed by atoms with Gasteiger partial charge in [0.2, 0.25) is 0 Å². The Morgan fingerprint density at radius 3 is 3.08 bits per heavy atom. The third-order valence-electron chi connectivity index (χ3n) is 4.13. The summed E-state index contributed by atoms with van der Waals surface area (Å²) < 4.78 is 7.32. The second kappa shape index (κ2) is 8.35. The lowest BCUT2D eigenvalue weighted by atomic mass is 10.1. The van der Waals surface area contributed by atoms with E-state index in [-0.39, 0.29) is 23.5 Å². The van der Waals surface area contributed by atoms with Gasteiger partial charge in [0.1, 0.15) is 12.1 Å². The molecule has 0 radical (unpaired) electrons. The van der Waals surface area contributed by atoms with Crippen molar-refractivity contribution in [3.63, 3.8) is 0 Å². The molecule has 0 bridgehead atoms. The average Bonchev–Trinajstić information content (AvgIpc) is 3.07.